The van der Waals surface area contributed by atoms with Crippen molar-refractivity contribution in [2.45, 2.75) is 26.9 Å². The lowest BCUT2D eigenvalue weighted by Gasteiger charge is -2.13. The Hall–Kier alpha value is -3.28. The largest absolute Gasteiger partial charge is 0.494 e. The highest BCUT2D eigenvalue weighted by atomic mass is 16.5. The van der Waals surface area contributed by atoms with E-state index in [1.54, 1.807) is 4.57 Å². The molecule has 146 valence electrons. The third-order valence-corrected chi connectivity index (χ3v) is 4.38. The second kappa shape index (κ2) is 9.08. The van der Waals surface area contributed by atoms with Crippen molar-refractivity contribution in [1.29, 1.82) is 0 Å². The van der Waals surface area contributed by atoms with Gasteiger partial charge in [-0.05, 0) is 43.7 Å². The van der Waals surface area contributed by atoms with E-state index >= 15 is 0 Å². The topological polar surface area (TPSA) is 69.6 Å². The summed E-state index contributed by atoms with van der Waals surface area (Å²) in [5.74, 6) is 0.966. The van der Waals surface area contributed by atoms with E-state index in [1.165, 1.54) is 6.07 Å². The zero-order valence-corrected chi connectivity index (χ0v) is 16.1. The molecule has 0 aliphatic carbocycles. The molecule has 0 fully saturated rings. The van der Waals surface area contributed by atoms with Gasteiger partial charge in [0.25, 0.3) is 11.5 Å². The number of carbonyl (C=O) groups excluding carboxylic acids is 1. The van der Waals surface area contributed by atoms with Gasteiger partial charge in [0.15, 0.2) is 6.61 Å². The standard InChI is InChI=1S/C22H24N2O4/c1-3-24-19-8-6-5-7-18(19)20(13-22(24)26)28-15-21(25)23-14-16-9-11-17(12-10-16)27-4-2/h5-13H,3-4,14-15H2,1-2H3,(H,23,25). The fraction of sp³-hybridized carbons (Fsp3) is 0.273. The van der Waals surface area contributed by atoms with E-state index in [1.807, 2.05) is 62.4 Å². The predicted molar refractivity (Wildman–Crippen MR) is 109 cm³/mol. The van der Waals surface area contributed by atoms with Crippen LogP contribution in [0.4, 0.5) is 0 Å². The molecule has 0 aliphatic rings. The third kappa shape index (κ3) is 4.52. The molecule has 0 unspecified atom stereocenters. The molecule has 6 heteroatoms. The minimum atomic E-state index is -0.252. The maximum Gasteiger partial charge on any atom is 0.258 e. The highest BCUT2D eigenvalue weighted by molar-refractivity contribution is 5.86. The fourth-order valence-electron chi connectivity index (χ4n) is 3.01. The van der Waals surface area contributed by atoms with Gasteiger partial charge in [-0.3, -0.25) is 9.59 Å². The van der Waals surface area contributed by atoms with Crippen LogP contribution in [-0.2, 0) is 17.9 Å². The summed E-state index contributed by atoms with van der Waals surface area (Å²) in [7, 11) is 0. The monoisotopic (exact) mass is 380 g/mol. The van der Waals surface area contributed by atoms with Crippen molar-refractivity contribution in [3.05, 3.63) is 70.5 Å². The lowest BCUT2D eigenvalue weighted by atomic mass is 10.2. The quantitative estimate of drug-likeness (QED) is 0.652. The van der Waals surface area contributed by atoms with Crippen LogP contribution in [0.3, 0.4) is 0 Å². The lowest BCUT2D eigenvalue weighted by molar-refractivity contribution is -0.123. The Morgan fingerprint density at radius 3 is 2.50 bits per heavy atom. The summed E-state index contributed by atoms with van der Waals surface area (Å²) in [5.41, 5.74) is 1.61. The number of nitrogens with zero attached hydrogens (tertiary/aromatic N) is 1. The molecule has 6 nitrogen and oxygen atoms in total. The van der Waals surface area contributed by atoms with Crippen molar-refractivity contribution in [1.82, 2.24) is 9.88 Å². The lowest BCUT2D eigenvalue weighted by Crippen LogP contribution is -2.29. The number of aromatic nitrogens is 1. The molecule has 0 saturated carbocycles. The van der Waals surface area contributed by atoms with Crippen LogP contribution in [0.5, 0.6) is 11.5 Å². The van der Waals surface area contributed by atoms with Gasteiger partial charge in [-0.15, -0.1) is 0 Å². The smallest absolute Gasteiger partial charge is 0.258 e. The molecule has 28 heavy (non-hydrogen) atoms. The number of hydrogen-bond donors (Lipinski definition) is 1. The third-order valence-electron chi connectivity index (χ3n) is 4.38. The molecule has 1 heterocycles. The Kier molecular flexibility index (Phi) is 6.32. The van der Waals surface area contributed by atoms with Crippen molar-refractivity contribution < 1.29 is 14.3 Å². The highest BCUT2D eigenvalue weighted by Crippen LogP contribution is 2.23. The first-order valence-electron chi connectivity index (χ1n) is 9.36. The number of ether oxygens (including phenoxy) is 2. The normalized spacial score (nSPS) is 10.6. The maximum absolute atomic E-state index is 12.3. The summed E-state index contributed by atoms with van der Waals surface area (Å²) < 4.78 is 12.7. The number of nitrogens with one attached hydrogen (secondary N) is 1. The summed E-state index contributed by atoms with van der Waals surface area (Å²) in [4.78, 5) is 24.4. The van der Waals surface area contributed by atoms with Crippen molar-refractivity contribution in [2.24, 2.45) is 0 Å². The first kappa shape index (κ1) is 19.5. The van der Waals surface area contributed by atoms with E-state index in [0.717, 1.165) is 22.2 Å². The van der Waals surface area contributed by atoms with Gasteiger partial charge in [-0.2, -0.15) is 0 Å². The van der Waals surface area contributed by atoms with E-state index in [0.29, 0.717) is 25.4 Å². The first-order chi connectivity index (χ1) is 13.6. The fourth-order valence-corrected chi connectivity index (χ4v) is 3.01. The molecular weight excluding hydrogens is 356 g/mol. The number of rotatable bonds is 8. The number of carbonyl (C=O) groups is 1. The molecule has 0 spiro atoms. The summed E-state index contributed by atoms with van der Waals surface area (Å²) in [6.07, 6.45) is 0. The Balaban J connectivity index is 1.62. The summed E-state index contributed by atoms with van der Waals surface area (Å²) in [5, 5.41) is 3.63. The predicted octanol–water partition coefficient (Wildman–Crippen LogP) is 3.12. The van der Waals surface area contributed by atoms with Gasteiger partial charge in [0.2, 0.25) is 0 Å². The van der Waals surface area contributed by atoms with E-state index in [4.69, 9.17) is 9.47 Å². The van der Waals surface area contributed by atoms with Crippen LogP contribution in [-0.4, -0.2) is 23.7 Å². The van der Waals surface area contributed by atoms with Gasteiger partial charge in [0, 0.05) is 24.5 Å². The van der Waals surface area contributed by atoms with Crippen LogP contribution in [0.1, 0.15) is 19.4 Å². The van der Waals surface area contributed by atoms with Crippen LogP contribution < -0.4 is 20.3 Å². The second-order valence-corrected chi connectivity index (χ2v) is 6.25. The molecule has 2 aromatic carbocycles. The van der Waals surface area contributed by atoms with Crippen molar-refractivity contribution in [3.63, 3.8) is 0 Å². The molecular formula is C22H24N2O4. The zero-order valence-electron chi connectivity index (χ0n) is 16.1. The number of benzene rings is 2. The summed E-state index contributed by atoms with van der Waals surface area (Å²) >= 11 is 0. The highest BCUT2D eigenvalue weighted by Gasteiger charge is 2.10. The number of amides is 1. The molecule has 0 aliphatic heterocycles. The molecule has 3 rings (SSSR count). The van der Waals surface area contributed by atoms with Crippen LogP contribution in [0.25, 0.3) is 10.9 Å². The number of fused-ring (bicyclic) bond motifs is 1. The average molecular weight is 380 g/mol. The Labute approximate surface area is 163 Å². The molecule has 3 aromatic rings. The van der Waals surface area contributed by atoms with E-state index in [9.17, 15) is 9.59 Å². The van der Waals surface area contributed by atoms with Crippen molar-refractivity contribution >= 4 is 16.8 Å². The minimum absolute atomic E-state index is 0.147. The van der Waals surface area contributed by atoms with Gasteiger partial charge in [-0.1, -0.05) is 24.3 Å². The van der Waals surface area contributed by atoms with Crippen LogP contribution in [0.15, 0.2) is 59.4 Å². The second-order valence-electron chi connectivity index (χ2n) is 6.25. The molecule has 0 saturated heterocycles. The minimum Gasteiger partial charge on any atom is -0.494 e. The van der Waals surface area contributed by atoms with Gasteiger partial charge < -0.3 is 19.4 Å². The summed E-state index contributed by atoms with van der Waals surface area (Å²) in [6.45, 7) is 5.28. The molecule has 1 N–H and O–H groups in total. The Morgan fingerprint density at radius 1 is 1.04 bits per heavy atom. The van der Waals surface area contributed by atoms with Gasteiger partial charge in [-0.25, -0.2) is 0 Å². The molecule has 0 bridgehead atoms. The SMILES string of the molecule is CCOc1ccc(CNC(=O)COc2cc(=O)n(CC)c3ccccc23)cc1. The van der Waals surface area contributed by atoms with Crippen LogP contribution in [0, 0.1) is 0 Å². The zero-order chi connectivity index (χ0) is 19.9. The summed E-state index contributed by atoms with van der Waals surface area (Å²) in [6, 6.07) is 16.5. The number of hydrogen-bond acceptors (Lipinski definition) is 4. The van der Waals surface area contributed by atoms with Gasteiger partial charge >= 0.3 is 0 Å². The molecule has 0 radical (unpaired) electrons. The van der Waals surface area contributed by atoms with Crippen LogP contribution >= 0.6 is 0 Å². The Bertz CT molecular complexity index is 1010. The molecule has 1 aromatic heterocycles. The number of para-hydroxylation sites is 1. The van der Waals surface area contributed by atoms with Crippen LogP contribution in [0.2, 0.25) is 0 Å². The first-order valence-corrected chi connectivity index (χ1v) is 9.36. The van der Waals surface area contributed by atoms with Crippen molar-refractivity contribution in [3.8, 4) is 11.5 Å². The van der Waals surface area contributed by atoms with Gasteiger partial charge in [0.05, 0.1) is 12.1 Å². The average Bonchev–Trinajstić information content (AvgIpc) is 2.72. The van der Waals surface area contributed by atoms with E-state index < -0.39 is 0 Å². The maximum atomic E-state index is 12.3. The molecule has 1 amide bonds. The van der Waals surface area contributed by atoms with E-state index in [-0.39, 0.29) is 18.1 Å². The van der Waals surface area contributed by atoms with Crippen molar-refractivity contribution in [2.75, 3.05) is 13.2 Å². The molecule has 0 atom stereocenters. The Morgan fingerprint density at radius 2 is 1.79 bits per heavy atom. The van der Waals surface area contributed by atoms with Gasteiger partial charge in [0.1, 0.15) is 11.5 Å². The van der Waals surface area contributed by atoms with E-state index in [2.05, 4.69) is 5.32 Å². The number of pyridine rings is 1. The number of aryl methyl sites for hydroxylation is 1.